The molecule has 0 aliphatic rings. The minimum absolute atomic E-state index is 0.0290. The van der Waals surface area contributed by atoms with E-state index in [0.717, 1.165) is 21.7 Å². The Bertz CT molecular complexity index is 967. The van der Waals surface area contributed by atoms with Crippen molar-refractivity contribution in [2.24, 2.45) is 0 Å². The molecule has 2 aromatic heterocycles. The van der Waals surface area contributed by atoms with Crippen molar-refractivity contribution < 1.29 is 14.3 Å². The highest BCUT2D eigenvalue weighted by Crippen LogP contribution is 2.23. The highest BCUT2D eigenvalue weighted by atomic mass is 32.1. The van der Waals surface area contributed by atoms with Crippen molar-refractivity contribution in [3.63, 3.8) is 0 Å². The van der Waals surface area contributed by atoms with E-state index in [1.165, 1.54) is 11.3 Å². The van der Waals surface area contributed by atoms with Crippen LogP contribution in [0.2, 0.25) is 0 Å². The molecule has 3 aromatic rings. The number of hydrogen-bond donors (Lipinski definition) is 0. The monoisotopic (exact) mass is 380 g/mol. The SMILES string of the molecule is Cc1ccc(C)c(C(=O)[C@H](C)OC(=O)Cc2csc(-c3cccnc3)n2)c1. The first-order chi connectivity index (χ1) is 12.9. The van der Waals surface area contributed by atoms with Crippen LogP contribution < -0.4 is 0 Å². The minimum atomic E-state index is -0.838. The molecule has 138 valence electrons. The Morgan fingerprint density at radius 1 is 1.22 bits per heavy atom. The summed E-state index contributed by atoms with van der Waals surface area (Å²) in [7, 11) is 0. The van der Waals surface area contributed by atoms with Crippen LogP contribution in [-0.2, 0) is 16.0 Å². The lowest BCUT2D eigenvalue weighted by atomic mass is 9.99. The molecule has 2 heterocycles. The normalized spacial score (nSPS) is 11.8. The molecule has 0 N–H and O–H groups in total. The molecular weight excluding hydrogens is 360 g/mol. The smallest absolute Gasteiger partial charge is 0.312 e. The zero-order chi connectivity index (χ0) is 19.4. The van der Waals surface area contributed by atoms with Crippen LogP contribution in [0, 0.1) is 13.8 Å². The lowest BCUT2D eigenvalue weighted by Gasteiger charge is -2.14. The second kappa shape index (κ2) is 8.22. The maximum Gasteiger partial charge on any atom is 0.312 e. The molecule has 0 unspecified atom stereocenters. The molecule has 1 atom stereocenters. The number of nitrogens with zero attached hydrogens (tertiary/aromatic N) is 2. The van der Waals surface area contributed by atoms with Crippen LogP contribution in [0.15, 0.2) is 48.1 Å². The number of rotatable bonds is 6. The summed E-state index contributed by atoms with van der Waals surface area (Å²) in [5.74, 6) is -0.664. The molecule has 0 radical (unpaired) electrons. The van der Waals surface area contributed by atoms with E-state index in [2.05, 4.69) is 9.97 Å². The number of aryl methyl sites for hydroxylation is 2. The number of ketones is 1. The first-order valence-corrected chi connectivity index (χ1v) is 9.48. The molecule has 27 heavy (non-hydrogen) atoms. The Kier molecular flexibility index (Phi) is 5.76. The fourth-order valence-electron chi connectivity index (χ4n) is 2.67. The molecule has 1 aromatic carbocycles. The van der Waals surface area contributed by atoms with Gasteiger partial charge in [-0.25, -0.2) is 4.98 Å². The van der Waals surface area contributed by atoms with Crippen LogP contribution >= 0.6 is 11.3 Å². The molecule has 0 aliphatic carbocycles. The van der Waals surface area contributed by atoms with Crippen LogP contribution in [0.3, 0.4) is 0 Å². The Labute approximate surface area is 162 Å². The van der Waals surface area contributed by atoms with E-state index in [9.17, 15) is 9.59 Å². The first kappa shape index (κ1) is 18.9. The highest BCUT2D eigenvalue weighted by molar-refractivity contribution is 7.13. The van der Waals surface area contributed by atoms with Gasteiger partial charge in [-0.3, -0.25) is 14.6 Å². The number of pyridine rings is 1. The van der Waals surface area contributed by atoms with Crippen molar-refractivity contribution in [2.45, 2.75) is 33.3 Å². The van der Waals surface area contributed by atoms with Gasteiger partial charge in [-0.05, 0) is 44.5 Å². The van der Waals surface area contributed by atoms with Crippen LogP contribution in [0.1, 0.15) is 34.1 Å². The molecule has 0 saturated heterocycles. The summed E-state index contributed by atoms with van der Waals surface area (Å²) in [6, 6.07) is 9.42. The van der Waals surface area contributed by atoms with Gasteiger partial charge in [-0.15, -0.1) is 11.3 Å². The number of benzene rings is 1. The summed E-state index contributed by atoms with van der Waals surface area (Å²) >= 11 is 1.44. The Hall–Kier alpha value is -2.86. The first-order valence-electron chi connectivity index (χ1n) is 8.60. The van der Waals surface area contributed by atoms with Crippen molar-refractivity contribution in [2.75, 3.05) is 0 Å². The van der Waals surface area contributed by atoms with Crippen molar-refractivity contribution >= 4 is 23.1 Å². The van der Waals surface area contributed by atoms with Gasteiger partial charge in [0.15, 0.2) is 6.10 Å². The number of carbonyl (C=O) groups is 2. The lowest BCUT2D eigenvalue weighted by molar-refractivity contribution is -0.145. The van der Waals surface area contributed by atoms with Gasteiger partial charge in [0.1, 0.15) is 5.01 Å². The zero-order valence-electron chi connectivity index (χ0n) is 15.4. The van der Waals surface area contributed by atoms with Crippen LogP contribution in [0.5, 0.6) is 0 Å². The second-order valence-corrected chi connectivity index (χ2v) is 7.24. The van der Waals surface area contributed by atoms with E-state index in [1.807, 2.05) is 49.6 Å². The molecule has 0 aliphatic heterocycles. The molecule has 3 rings (SSSR count). The Balaban J connectivity index is 1.63. The van der Waals surface area contributed by atoms with Crippen molar-refractivity contribution in [3.05, 3.63) is 70.5 Å². The van der Waals surface area contributed by atoms with Gasteiger partial charge >= 0.3 is 5.97 Å². The number of thiazole rings is 1. The second-order valence-electron chi connectivity index (χ2n) is 6.38. The van der Waals surface area contributed by atoms with Gasteiger partial charge in [0.2, 0.25) is 5.78 Å². The van der Waals surface area contributed by atoms with Gasteiger partial charge in [-0.2, -0.15) is 0 Å². The van der Waals surface area contributed by atoms with Gasteiger partial charge in [0.25, 0.3) is 0 Å². The van der Waals surface area contributed by atoms with Gasteiger partial charge in [-0.1, -0.05) is 17.7 Å². The van der Waals surface area contributed by atoms with Crippen LogP contribution in [0.4, 0.5) is 0 Å². The van der Waals surface area contributed by atoms with Crippen LogP contribution in [0.25, 0.3) is 10.6 Å². The summed E-state index contributed by atoms with van der Waals surface area (Å²) in [6.45, 7) is 5.40. The maximum absolute atomic E-state index is 12.6. The summed E-state index contributed by atoms with van der Waals surface area (Å²) < 4.78 is 5.34. The predicted molar refractivity (Wildman–Crippen MR) is 105 cm³/mol. The molecule has 0 spiro atoms. The van der Waals surface area contributed by atoms with Gasteiger partial charge in [0.05, 0.1) is 12.1 Å². The van der Waals surface area contributed by atoms with E-state index >= 15 is 0 Å². The lowest BCUT2D eigenvalue weighted by Crippen LogP contribution is -2.26. The third-order valence-electron chi connectivity index (χ3n) is 4.12. The van der Waals surface area contributed by atoms with Crippen LogP contribution in [-0.4, -0.2) is 27.8 Å². The van der Waals surface area contributed by atoms with E-state index < -0.39 is 12.1 Å². The van der Waals surface area contributed by atoms with Crippen molar-refractivity contribution in [3.8, 4) is 10.6 Å². The molecule has 0 amide bonds. The third kappa shape index (κ3) is 4.65. The standard InChI is InChI=1S/C21H20N2O3S/c1-13-6-7-14(2)18(9-13)20(25)15(3)26-19(24)10-17-12-27-21(23-17)16-5-4-8-22-11-16/h4-9,11-12,15H,10H2,1-3H3/t15-/m0/s1. The number of Topliss-reactive ketones (excluding diaryl/α,β-unsaturated/α-hetero) is 1. The molecule has 0 fully saturated rings. The molecule has 6 heteroatoms. The number of ether oxygens (including phenoxy) is 1. The van der Waals surface area contributed by atoms with Gasteiger partial charge < -0.3 is 4.74 Å². The third-order valence-corrected chi connectivity index (χ3v) is 5.06. The van der Waals surface area contributed by atoms with E-state index in [4.69, 9.17) is 4.74 Å². The maximum atomic E-state index is 12.6. The summed E-state index contributed by atoms with van der Waals surface area (Å²) in [6.07, 6.45) is 2.62. The number of carbonyl (C=O) groups excluding carboxylic acids is 2. The number of hydrogen-bond acceptors (Lipinski definition) is 6. The fourth-order valence-corrected chi connectivity index (χ4v) is 3.48. The average Bonchev–Trinajstić information content (AvgIpc) is 3.12. The zero-order valence-corrected chi connectivity index (χ0v) is 16.2. The summed E-state index contributed by atoms with van der Waals surface area (Å²) in [4.78, 5) is 33.3. The van der Waals surface area contributed by atoms with E-state index in [0.29, 0.717) is 11.3 Å². The molecule has 5 nitrogen and oxygen atoms in total. The largest absolute Gasteiger partial charge is 0.454 e. The summed E-state index contributed by atoms with van der Waals surface area (Å²) in [5, 5.41) is 2.62. The summed E-state index contributed by atoms with van der Waals surface area (Å²) in [5.41, 5.74) is 3.97. The quantitative estimate of drug-likeness (QED) is 0.474. The van der Waals surface area contributed by atoms with E-state index in [-0.39, 0.29) is 12.2 Å². The highest BCUT2D eigenvalue weighted by Gasteiger charge is 2.22. The predicted octanol–water partition coefficient (Wildman–Crippen LogP) is 4.18. The topological polar surface area (TPSA) is 69.2 Å². The van der Waals surface area contributed by atoms with Crippen molar-refractivity contribution in [1.82, 2.24) is 9.97 Å². The minimum Gasteiger partial charge on any atom is -0.454 e. The van der Waals surface area contributed by atoms with Crippen molar-refractivity contribution in [1.29, 1.82) is 0 Å². The fraction of sp³-hybridized carbons (Fsp3) is 0.238. The Morgan fingerprint density at radius 3 is 2.78 bits per heavy atom. The molecule has 0 bridgehead atoms. The number of aromatic nitrogens is 2. The Morgan fingerprint density at radius 2 is 2.04 bits per heavy atom. The molecule has 0 saturated carbocycles. The average molecular weight is 380 g/mol. The van der Waals surface area contributed by atoms with Gasteiger partial charge in [0, 0.05) is 28.9 Å². The van der Waals surface area contributed by atoms with E-state index in [1.54, 1.807) is 19.3 Å². The number of esters is 1. The molecular formula is C21H20N2O3S.